The molecule has 80 valence electrons. The molecule has 15 heavy (non-hydrogen) atoms. The van der Waals surface area contributed by atoms with Crippen molar-refractivity contribution >= 4 is 5.71 Å². The maximum absolute atomic E-state index is 13.7. The first-order chi connectivity index (χ1) is 7.00. The van der Waals surface area contributed by atoms with Crippen LogP contribution in [-0.2, 0) is 0 Å². The smallest absolute Gasteiger partial charge is 0.127 e. The van der Waals surface area contributed by atoms with Crippen LogP contribution in [0.25, 0.3) is 0 Å². The monoisotopic (exact) mass is 206 g/mol. The second-order valence-electron chi connectivity index (χ2n) is 4.28. The Kier molecular flexibility index (Phi) is 2.35. The summed E-state index contributed by atoms with van der Waals surface area (Å²) in [6.07, 6.45) is -0.393. The Morgan fingerprint density at radius 3 is 2.67 bits per heavy atom. The summed E-state index contributed by atoms with van der Waals surface area (Å²) in [4.78, 5) is 4.23. The van der Waals surface area contributed by atoms with Gasteiger partial charge in [0.25, 0.3) is 0 Å². The van der Waals surface area contributed by atoms with Gasteiger partial charge in [0, 0.05) is 16.8 Å². The van der Waals surface area contributed by atoms with Gasteiger partial charge in [-0.05, 0) is 30.5 Å². The first-order valence-corrected chi connectivity index (χ1v) is 5.14. The molecule has 2 N–H and O–H groups in total. The summed E-state index contributed by atoms with van der Waals surface area (Å²) in [7, 11) is 0. The molecule has 1 unspecified atom stereocenters. The number of halogens is 1. The fourth-order valence-electron chi connectivity index (χ4n) is 1.95. The number of fused-ring (bicyclic) bond motifs is 1. The van der Waals surface area contributed by atoms with E-state index in [2.05, 4.69) is 4.99 Å². The van der Waals surface area contributed by atoms with Gasteiger partial charge in [-0.2, -0.15) is 0 Å². The largest absolute Gasteiger partial charge is 0.306 e. The molecule has 1 aliphatic heterocycles. The van der Waals surface area contributed by atoms with Crippen molar-refractivity contribution in [2.24, 2.45) is 10.7 Å². The molecule has 2 rings (SSSR count). The maximum Gasteiger partial charge on any atom is 0.127 e. The van der Waals surface area contributed by atoms with E-state index in [4.69, 9.17) is 5.73 Å². The van der Waals surface area contributed by atoms with Crippen LogP contribution >= 0.6 is 0 Å². The lowest BCUT2D eigenvalue weighted by Gasteiger charge is -2.11. The van der Waals surface area contributed by atoms with Crippen molar-refractivity contribution in [1.82, 2.24) is 0 Å². The van der Waals surface area contributed by atoms with Crippen molar-refractivity contribution < 1.29 is 4.39 Å². The standard InChI is InChI=1S/C12H15FN2/c1-6(2)8-4-9-7(3)15-12(14)10(9)5-11(8)13/h4-6,12H,14H2,1-3H3. The summed E-state index contributed by atoms with van der Waals surface area (Å²) in [5, 5.41) is 0. The van der Waals surface area contributed by atoms with Crippen molar-refractivity contribution in [3.05, 3.63) is 34.6 Å². The lowest BCUT2D eigenvalue weighted by molar-refractivity contribution is 0.593. The Morgan fingerprint density at radius 2 is 2.07 bits per heavy atom. The van der Waals surface area contributed by atoms with Crippen LogP contribution in [0.3, 0.4) is 0 Å². The van der Waals surface area contributed by atoms with Crippen LogP contribution in [0.15, 0.2) is 17.1 Å². The fraction of sp³-hybridized carbons (Fsp3) is 0.417. The average Bonchev–Trinajstić information content (AvgIpc) is 2.41. The zero-order valence-corrected chi connectivity index (χ0v) is 9.21. The number of nitrogens with zero attached hydrogens (tertiary/aromatic N) is 1. The highest BCUT2D eigenvalue weighted by Gasteiger charge is 2.22. The molecule has 1 atom stereocenters. The Bertz CT molecular complexity index is 435. The highest BCUT2D eigenvalue weighted by atomic mass is 19.1. The van der Waals surface area contributed by atoms with Gasteiger partial charge in [-0.3, -0.25) is 4.99 Å². The van der Waals surface area contributed by atoms with E-state index in [1.807, 2.05) is 26.8 Å². The van der Waals surface area contributed by atoms with Gasteiger partial charge in [-0.25, -0.2) is 4.39 Å². The number of hydrogen-bond acceptors (Lipinski definition) is 2. The number of aliphatic imine (C=N–C) groups is 1. The van der Waals surface area contributed by atoms with Crippen LogP contribution in [0.2, 0.25) is 0 Å². The summed E-state index contributed by atoms with van der Waals surface area (Å²) in [6, 6.07) is 3.40. The van der Waals surface area contributed by atoms with E-state index < -0.39 is 6.17 Å². The van der Waals surface area contributed by atoms with E-state index in [0.29, 0.717) is 0 Å². The molecule has 0 amide bonds. The minimum atomic E-state index is -0.393. The predicted molar refractivity (Wildman–Crippen MR) is 59.6 cm³/mol. The molecule has 0 saturated carbocycles. The lowest BCUT2D eigenvalue weighted by atomic mass is 9.95. The van der Waals surface area contributed by atoms with E-state index in [9.17, 15) is 4.39 Å². The van der Waals surface area contributed by atoms with E-state index >= 15 is 0 Å². The fourth-order valence-corrected chi connectivity index (χ4v) is 1.95. The van der Waals surface area contributed by atoms with Gasteiger partial charge in [-0.15, -0.1) is 0 Å². The van der Waals surface area contributed by atoms with E-state index in [1.165, 1.54) is 6.07 Å². The van der Waals surface area contributed by atoms with Gasteiger partial charge in [0.05, 0.1) is 0 Å². The normalized spacial score (nSPS) is 19.3. The van der Waals surface area contributed by atoms with Gasteiger partial charge >= 0.3 is 0 Å². The second kappa shape index (κ2) is 3.42. The van der Waals surface area contributed by atoms with Gasteiger partial charge in [-0.1, -0.05) is 13.8 Å². The zero-order chi connectivity index (χ0) is 11.2. The molecule has 1 aromatic carbocycles. The highest BCUT2D eigenvalue weighted by Crippen LogP contribution is 2.30. The van der Waals surface area contributed by atoms with Gasteiger partial charge < -0.3 is 5.73 Å². The van der Waals surface area contributed by atoms with Crippen molar-refractivity contribution in [2.75, 3.05) is 0 Å². The van der Waals surface area contributed by atoms with Crippen molar-refractivity contribution in [2.45, 2.75) is 32.9 Å². The molecular weight excluding hydrogens is 191 g/mol. The predicted octanol–water partition coefficient (Wildman–Crippen LogP) is 2.73. The van der Waals surface area contributed by atoms with E-state index in [1.54, 1.807) is 0 Å². The third kappa shape index (κ3) is 1.57. The van der Waals surface area contributed by atoms with Crippen LogP contribution in [0.4, 0.5) is 4.39 Å². The average molecular weight is 206 g/mol. The number of hydrogen-bond donors (Lipinski definition) is 1. The Labute approximate surface area is 89.0 Å². The maximum atomic E-state index is 13.7. The molecule has 1 aromatic rings. The molecule has 0 bridgehead atoms. The highest BCUT2D eigenvalue weighted by molar-refractivity contribution is 6.02. The lowest BCUT2D eigenvalue weighted by Crippen LogP contribution is -2.06. The van der Waals surface area contributed by atoms with Gasteiger partial charge in [0.2, 0.25) is 0 Å². The molecule has 2 nitrogen and oxygen atoms in total. The molecule has 0 fully saturated rings. The topological polar surface area (TPSA) is 38.4 Å². The molecule has 0 aromatic heterocycles. The van der Waals surface area contributed by atoms with Gasteiger partial charge in [0.1, 0.15) is 12.0 Å². The minimum absolute atomic E-state index is 0.177. The third-order valence-electron chi connectivity index (χ3n) is 2.83. The van der Waals surface area contributed by atoms with Crippen molar-refractivity contribution in [3.63, 3.8) is 0 Å². The number of nitrogens with two attached hydrogens (primary N) is 1. The summed E-state index contributed by atoms with van der Waals surface area (Å²) >= 11 is 0. The first-order valence-electron chi connectivity index (χ1n) is 5.14. The van der Waals surface area contributed by atoms with Gasteiger partial charge in [0.15, 0.2) is 0 Å². The molecular formula is C12H15FN2. The zero-order valence-electron chi connectivity index (χ0n) is 9.21. The Balaban J connectivity index is 2.60. The number of benzene rings is 1. The van der Waals surface area contributed by atoms with Crippen LogP contribution < -0.4 is 5.73 Å². The molecule has 1 aliphatic rings. The molecule has 0 radical (unpaired) electrons. The second-order valence-corrected chi connectivity index (χ2v) is 4.28. The Hall–Kier alpha value is -1.22. The van der Waals surface area contributed by atoms with Crippen LogP contribution in [0, 0.1) is 5.82 Å². The van der Waals surface area contributed by atoms with Crippen molar-refractivity contribution in [1.29, 1.82) is 0 Å². The Morgan fingerprint density at radius 1 is 1.40 bits per heavy atom. The summed E-state index contributed by atoms with van der Waals surface area (Å²) < 4.78 is 13.7. The number of rotatable bonds is 1. The molecule has 0 spiro atoms. The molecule has 3 heteroatoms. The first kappa shape index (κ1) is 10.3. The third-order valence-corrected chi connectivity index (χ3v) is 2.83. The summed E-state index contributed by atoms with van der Waals surface area (Å²) in [6.45, 7) is 5.87. The van der Waals surface area contributed by atoms with Crippen LogP contribution in [0.5, 0.6) is 0 Å². The summed E-state index contributed by atoms with van der Waals surface area (Å²) in [5.74, 6) is 0.00373. The molecule has 0 saturated heterocycles. The SMILES string of the molecule is CC1=NC(N)c2cc(F)c(C(C)C)cc21. The van der Waals surface area contributed by atoms with Crippen LogP contribution in [0.1, 0.15) is 49.5 Å². The minimum Gasteiger partial charge on any atom is -0.306 e. The van der Waals surface area contributed by atoms with E-state index in [0.717, 1.165) is 22.4 Å². The quantitative estimate of drug-likeness (QED) is 0.753. The summed E-state index contributed by atoms with van der Waals surface area (Å²) in [5.41, 5.74) is 9.21. The molecule has 1 heterocycles. The van der Waals surface area contributed by atoms with Crippen LogP contribution in [-0.4, -0.2) is 5.71 Å². The molecule has 0 aliphatic carbocycles. The van der Waals surface area contributed by atoms with Crippen molar-refractivity contribution in [3.8, 4) is 0 Å². The van der Waals surface area contributed by atoms with E-state index in [-0.39, 0.29) is 11.7 Å².